The van der Waals surface area contributed by atoms with Crippen LogP contribution >= 0.6 is 0 Å². The molecule has 2 unspecified atom stereocenters. The van der Waals surface area contributed by atoms with Crippen molar-refractivity contribution in [2.75, 3.05) is 19.6 Å². The zero-order valence-corrected chi connectivity index (χ0v) is 19.8. The standard InChI is InChI=1S/C29H32N4O2/c34-28(31-35)12-11-23-15-18-33-26(29(30-27(33)20-23)25-9-5-2-6-10-25)21-32-16-13-24(14-17-32)19-22-7-3-1-4-8-22/h1-12,15,18,20,24,26,29,35H,13-14,16-17,19,21H2,(H,31,34)/b12-11+. The van der Waals surface area contributed by atoms with E-state index < -0.39 is 5.91 Å². The number of benzene rings is 2. The highest BCUT2D eigenvalue weighted by Crippen LogP contribution is 2.35. The summed E-state index contributed by atoms with van der Waals surface area (Å²) < 4.78 is 0. The largest absolute Gasteiger partial charge is 0.326 e. The van der Waals surface area contributed by atoms with Crippen LogP contribution in [-0.4, -0.2) is 52.4 Å². The van der Waals surface area contributed by atoms with Crippen LogP contribution in [0.3, 0.4) is 0 Å². The van der Waals surface area contributed by atoms with Crippen LogP contribution in [0.4, 0.5) is 0 Å². The number of nitrogens with zero attached hydrogens (tertiary/aromatic N) is 3. The van der Waals surface area contributed by atoms with E-state index in [1.807, 2.05) is 18.2 Å². The summed E-state index contributed by atoms with van der Waals surface area (Å²) in [7, 11) is 0. The predicted molar refractivity (Wildman–Crippen MR) is 138 cm³/mol. The molecule has 2 atom stereocenters. The van der Waals surface area contributed by atoms with Crippen LogP contribution < -0.4 is 5.48 Å². The number of piperidine rings is 1. The molecule has 180 valence electrons. The van der Waals surface area contributed by atoms with E-state index >= 15 is 0 Å². The smallest absolute Gasteiger partial charge is 0.267 e. The molecule has 0 aliphatic carbocycles. The van der Waals surface area contributed by atoms with Crippen molar-refractivity contribution >= 4 is 11.7 Å². The van der Waals surface area contributed by atoms with Gasteiger partial charge < -0.3 is 9.80 Å². The first-order valence-electron chi connectivity index (χ1n) is 12.4. The Morgan fingerprint density at radius 3 is 2.49 bits per heavy atom. The van der Waals surface area contributed by atoms with Gasteiger partial charge in [0.05, 0.1) is 12.1 Å². The molecule has 0 aromatic heterocycles. The molecule has 2 N–H and O–H groups in total. The maximum Gasteiger partial charge on any atom is 0.267 e. The molecule has 3 heterocycles. The summed E-state index contributed by atoms with van der Waals surface area (Å²) in [5, 5.41) is 8.73. The lowest BCUT2D eigenvalue weighted by Gasteiger charge is -2.37. The molecule has 3 aliphatic heterocycles. The molecule has 1 saturated heterocycles. The summed E-state index contributed by atoms with van der Waals surface area (Å²) >= 11 is 0. The maximum absolute atomic E-state index is 11.4. The number of hydrogen-bond donors (Lipinski definition) is 2. The molecule has 0 spiro atoms. The molecule has 2 aromatic carbocycles. The van der Waals surface area contributed by atoms with Crippen molar-refractivity contribution in [1.82, 2.24) is 15.3 Å². The van der Waals surface area contributed by atoms with Gasteiger partial charge >= 0.3 is 0 Å². The molecule has 6 heteroatoms. The highest BCUT2D eigenvalue weighted by molar-refractivity contribution is 5.98. The summed E-state index contributed by atoms with van der Waals surface area (Å²) in [6, 6.07) is 21.6. The quantitative estimate of drug-likeness (QED) is 0.362. The molecular weight excluding hydrogens is 436 g/mol. The van der Waals surface area contributed by atoms with Crippen molar-refractivity contribution in [3.63, 3.8) is 0 Å². The number of hydrogen-bond acceptors (Lipinski definition) is 5. The van der Waals surface area contributed by atoms with E-state index in [4.69, 9.17) is 10.2 Å². The van der Waals surface area contributed by atoms with Crippen molar-refractivity contribution in [2.45, 2.75) is 31.3 Å². The van der Waals surface area contributed by atoms with Gasteiger partial charge in [-0.2, -0.15) is 0 Å². The topological polar surface area (TPSA) is 68.2 Å². The molecule has 0 bridgehead atoms. The normalized spacial score (nSPS) is 22.7. The van der Waals surface area contributed by atoms with E-state index in [9.17, 15) is 4.79 Å². The summed E-state index contributed by atoms with van der Waals surface area (Å²) in [5.74, 6) is 1.11. The van der Waals surface area contributed by atoms with Crippen molar-refractivity contribution in [1.29, 1.82) is 0 Å². The van der Waals surface area contributed by atoms with Crippen molar-refractivity contribution in [2.24, 2.45) is 10.9 Å². The Bertz CT molecular complexity index is 1130. The fourth-order valence-corrected chi connectivity index (χ4v) is 5.31. The van der Waals surface area contributed by atoms with E-state index in [0.29, 0.717) is 0 Å². The fraction of sp³-hybridized carbons (Fsp3) is 0.310. The predicted octanol–water partition coefficient (Wildman–Crippen LogP) is 4.28. The number of carbonyl (C=O) groups is 1. The van der Waals surface area contributed by atoms with E-state index in [1.54, 1.807) is 11.6 Å². The van der Waals surface area contributed by atoms with Crippen molar-refractivity contribution in [3.8, 4) is 0 Å². The number of carbonyl (C=O) groups excluding carboxylic acids is 1. The first kappa shape index (κ1) is 23.3. The van der Waals surface area contributed by atoms with Crippen LogP contribution in [0, 0.1) is 5.92 Å². The lowest BCUT2D eigenvalue weighted by molar-refractivity contribution is -0.124. The Labute approximate surface area is 206 Å². The number of amidine groups is 1. The van der Waals surface area contributed by atoms with Crippen LogP contribution in [-0.2, 0) is 11.2 Å². The average Bonchev–Trinajstić information content (AvgIpc) is 3.27. The van der Waals surface area contributed by atoms with Gasteiger partial charge in [-0.15, -0.1) is 0 Å². The second kappa shape index (κ2) is 10.8. The van der Waals surface area contributed by atoms with Gasteiger partial charge in [0.2, 0.25) is 0 Å². The number of amides is 1. The SMILES string of the molecule is O=C(/C=C/C1=CC2=NC(c3ccccc3)C(CN3CCC(Cc4ccccc4)CC3)N2C=C1)NO. The molecule has 2 aromatic rings. The zero-order valence-electron chi connectivity index (χ0n) is 19.8. The number of likely N-dealkylation sites (tertiary alicyclic amines) is 1. The molecule has 3 aliphatic rings. The third-order valence-electron chi connectivity index (χ3n) is 7.18. The molecule has 1 amide bonds. The Morgan fingerprint density at radius 2 is 1.77 bits per heavy atom. The second-order valence-corrected chi connectivity index (χ2v) is 9.52. The molecule has 1 fully saturated rings. The summed E-state index contributed by atoms with van der Waals surface area (Å²) in [6.45, 7) is 3.19. The highest BCUT2D eigenvalue weighted by Gasteiger charge is 2.37. The van der Waals surface area contributed by atoms with E-state index in [0.717, 1.165) is 37.0 Å². The second-order valence-electron chi connectivity index (χ2n) is 9.52. The molecule has 0 radical (unpaired) electrons. The summed E-state index contributed by atoms with van der Waals surface area (Å²) in [6.07, 6.45) is 12.7. The Balaban J connectivity index is 1.27. The van der Waals surface area contributed by atoms with Crippen molar-refractivity contribution < 1.29 is 10.0 Å². The van der Waals surface area contributed by atoms with Crippen LogP contribution in [0.1, 0.15) is 30.0 Å². The number of fused-ring (bicyclic) bond motifs is 1. The molecule has 6 nitrogen and oxygen atoms in total. The minimum atomic E-state index is -0.550. The van der Waals surface area contributed by atoms with Crippen molar-refractivity contribution in [3.05, 3.63) is 108 Å². The van der Waals surface area contributed by atoms with Gasteiger partial charge in [0, 0.05) is 18.8 Å². The Hall–Kier alpha value is -3.48. The van der Waals surface area contributed by atoms with Gasteiger partial charge in [-0.3, -0.25) is 15.0 Å². The van der Waals surface area contributed by atoms with Gasteiger partial charge in [0.15, 0.2) is 0 Å². The summed E-state index contributed by atoms with van der Waals surface area (Å²) in [4.78, 5) is 21.3. The number of hydroxylamine groups is 1. The van der Waals surface area contributed by atoms with Gasteiger partial charge in [-0.05, 0) is 73.2 Å². The van der Waals surface area contributed by atoms with E-state index in [-0.39, 0.29) is 12.1 Å². The molecule has 0 saturated carbocycles. The third-order valence-corrected chi connectivity index (χ3v) is 7.18. The first-order chi connectivity index (χ1) is 17.2. The maximum atomic E-state index is 11.4. The van der Waals surface area contributed by atoms with Gasteiger partial charge in [-0.25, -0.2) is 5.48 Å². The lowest BCUT2D eigenvalue weighted by Crippen LogP contribution is -2.46. The minimum Gasteiger partial charge on any atom is -0.326 e. The highest BCUT2D eigenvalue weighted by atomic mass is 16.5. The fourth-order valence-electron chi connectivity index (χ4n) is 5.31. The Kier molecular flexibility index (Phi) is 7.21. The molecule has 35 heavy (non-hydrogen) atoms. The Morgan fingerprint density at radius 1 is 1.06 bits per heavy atom. The first-order valence-corrected chi connectivity index (χ1v) is 12.4. The van der Waals surface area contributed by atoms with Gasteiger partial charge in [-0.1, -0.05) is 60.7 Å². The molecular formula is C29H32N4O2. The van der Waals surface area contributed by atoms with Crippen LogP contribution in [0.25, 0.3) is 0 Å². The average molecular weight is 469 g/mol. The summed E-state index contributed by atoms with van der Waals surface area (Å²) in [5.41, 5.74) is 5.16. The lowest BCUT2D eigenvalue weighted by atomic mass is 9.89. The van der Waals surface area contributed by atoms with Crippen LogP contribution in [0.2, 0.25) is 0 Å². The van der Waals surface area contributed by atoms with Gasteiger partial charge in [0.25, 0.3) is 5.91 Å². The van der Waals surface area contributed by atoms with E-state index in [2.05, 4.69) is 70.6 Å². The van der Waals surface area contributed by atoms with Crippen LogP contribution in [0.15, 0.2) is 102 Å². The number of nitrogens with one attached hydrogen (secondary N) is 1. The number of rotatable bonds is 7. The van der Waals surface area contributed by atoms with E-state index in [1.165, 1.54) is 36.5 Å². The zero-order chi connectivity index (χ0) is 24.0. The minimum absolute atomic E-state index is 0.0539. The monoisotopic (exact) mass is 468 g/mol. The third kappa shape index (κ3) is 5.61. The number of aliphatic imine (C=N–C) groups is 1. The number of allylic oxidation sites excluding steroid dienone is 3. The van der Waals surface area contributed by atoms with Crippen LogP contribution in [0.5, 0.6) is 0 Å². The molecule has 5 rings (SSSR count). The van der Waals surface area contributed by atoms with Gasteiger partial charge in [0.1, 0.15) is 5.84 Å².